The van der Waals surface area contributed by atoms with Crippen LogP contribution < -0.4 is 0 Å². The van der Waals surface area contributed by atoms with Gasteiger partial charge in [-0.3, -0.25) is 23.2 Å². The van der Waals surface area contributed by atoms with Gasteiger partial charge in [0.1, 0.15) is 43.2 Å². The number of phosphoric ester groups is 2. The first kappa shape index (κ1) is 62.1. The molecule has 1 fully saturated rings. The number of rotatable bonds is 37. The quantitative estimate of drug-likeness (QED) is 0.0138. The van der Waals surface area contributed by atoms with Gasteiger partial charge in [0.05, 0.1) is 18.8 Å². The van der Waals surface area contributed by atoms with E-state index in [0.29, 0.717) is 19.3 Å². The molecule has 0 aromatic carbocycles. The van der Waals surface area contributed by atoms with E-state index >= 15 is 0 Å². The van der Waals surface area contributed by atoms with E-state index < -0.39 is 95.7 Å². The SMILES string of the molecule is CC/C=C\C/C=C\C/C=C\C/C=C\C[C@H](O)[C@@H](O)CCCC(=O)OC[C@H](COP(=O)(O)O[C@H]1C(O)C(O)C(O)[C@@H](OP(=O)(O)O)C1O)OC(=O)CCCCCCC/C=C\C/C=C\C/C=C\CC. The smallest absolute Gasteiger partial charge is 0.462 e. The van der Waals surface area contributed by atoms with Crippen LogP contribution in [0.4, 0.5) is 0 Å². The summed E-state index contributed by atoms with van der Waals surface area (Å²) in [6, 6.07) is 0. The highest BCUT2D eigenvalue weighted by Crippen LogP contribution is 2.49. The molecular formula is C47H78O18P2. The van der Waals surface area contributed by atoms with Crippen molar-refractivity contribution >= 4 is 27.6 Å². The molecular weight excluding hydrogens is 914 g/mol. The highest BCUT2D eigenvalue weighted by Gasteiger charge is 2.54. The van der Waals surface area contributed by atoms with Gasteiger partial charge in [-0.15, -0.1) is 0 Å². The molecule has 1 aliphatic rings. The molecule has 0 aliphatic heterocycles. The highest BCUT2D eigenvalue weighted by atomic mass is 31.2. The number of allylic oxidation sites excluding steroid dienone is 13. The second-order valence-electron chi connectivity index (χ2n) is 16.0. The first-order valence-electron chi connectivity index (χ1n) is 23.3. The van der Waals surface area contributed by atoms with Gasteiger partial charge in [-0.25, -0.2) is 9.13 Å². The first-order valence-corrected chi connectivity index (χ1v) is 26.3. The Bertz CT molecular complexity index is 1660. The molecule has 384 valence electrons. The number of unbranched alkanes of at least 4 members (excludes halogenated alkanes) is 5. The molecule has 0 saturated heterocycles. The Morgan fingerprint density at radius 3 is 1.57 bits per heavy atom. The molecule has 0 heterocycles. The second-order valence-corrected chi connectivity index (χ2v) is 18.6. The van der Waals surface area contributed by atoms with Gasteiger partial charge >= 0.3 is 27.6 Å². The van der Waals surface area contributed by atoms with Gasteiger partial charge in [-0.2, -0.15) is 0 Å². The van der Waals surface area contributed by atoms with Gasteiger partial charge in [-0.1, -0.05) is 118 Å². The van der Waals surface area contributed by atoms with Crippen LogP contribution in [0.15, 0.2) is 85.1 Å². The Balaban J connectivity index is 2.72. The second kappa shape index (κ2) is 37.0. The molecule has 9 N–H and O–H groups in total. The number of esters is 2. The minimum Gasteiger partial charge on any atom is -0.462 e. The zero-order valence-electron chi connectivity index (χ0n) is 39.0. The molecule has 5 unspecified atom stereocenters. The average Bonchev–Trinajstić information content (AvgIpc) is 3.28. The van der Waals surface area contributed by atoms with Crippen molar-refractivity contribution in [1.82, 2.24) is 0 Å². The summed E-state index contributed by atoms with van der Waals surface area (Å²) in [5, 5.41) is 62.0. The van der Waals surface area contributed by atoms with E-state index in [1.54, 1.807) is 6.08 Å². The lowest BCUT2D eigenvalue weighted by Crippen LogP contribution is -2.64. The van der Waals surface area contributed by atoms with Gasteiger partial charge in [-0.05, 0) is 83.5 Å². The molecule has 20 heteroatoms. The Kier molecular flexibility index (Phi) is 34.3. The van der Waals surface area contributed by atoms with Crippen molar-refractivity contribution in [1.29, 1.82) is 0 Å². The van der Waals surface area contributed by atoms with Crippen molar-refractivity contribution in [3.05, 3.63) is 85.1 Å². The van der Waals surface area contributed by atoms with Crippen LogP contribution >= 0.6 is 15.6 Å². The fourth-order valence-electron chi connectivity index (χ4n) is 6.48. The maximum atomic E-state index is 13.0. The minimum absolute atomic E-state index is 0.0415. The molecule has 10 atom stereocenters. The number of aliphatic hydroxyl groups excluding tert-OH is 6. The third-order valence-electron chi connectivity index (χ3n) is 10.2. The summed E-state index contributed by atoms with van der Waals surface area (Å²) in [7, 11) is -10.8. The van der Waals surface area contributed by atoms with E-state index in [-0.39, 0.29) is 32.1 Å². The predicted octanol–water partition coefficient (Wildman–Crippen LogP) is 6.56. The molecule has 0 aromatic heterocycles. The largest absolute Gasteiger partial charge is 0.472 e. The Morgan fingerprint density at radius 1 is 0.537 bits per heavy atom. The van der Waals surface area contributed by atoms with Crippen molar-refractivity contribution < 1.29 is 87.1 Å². The van der Waals surface area contributed by atoms with E-state index in [0.717, 1.165) is 64.2 Å². The molecule has 1 saturated carbocycles. The van der Waals surface area contributed by atoms with Crippen LogP contribution in [0.1, 0.15) is 129 Å². The number of carbonyl (C=O) groups excluding carboxylic acids is 2. The standard InChI is InChI=1S/C47H78O18P2/c1-3-5-7-9-11-13-15-17-18-19-21-23-25-27-29-33-41(51)63-37(36-62-67(59,60)65-47-44(54)42(52)43(53)46(45(47)55)64-66(56,57)58)35-61-40(50)34-30-32-39(49)38(48)31-28-26-24-22-20-16-14-12-10-8-6-4-2/h5-8,11-14,17-18,20,22,26,28,37-39,42-49,52-55H,3-4,9-10,15-16,19,21,23-25,27,29-36H2,1-2H3,(H,59,60)(H2,56,57,58)/b7-5-,8-6-,13-11-,14-12-,18-17-,22-20-,28-26-/t37-,38+,39+,42?,43?,44?,45?,46-,47+/m1/s1. The zero-order valence-corrected chi connectivity index (χ0v) is 40.8. The minimum atomic E-state index is -5.40. The van der Waals surface area contributed by atoms with E-state index in [2.05, 4.69) is 79.1 Å². The molecule has 18 nitrogen and oxygen atoms in total. The van der Waals surface area contributed by atoms with Crippen molar-refractivity contribution in [3.8, 4) is 0 Å². The van der Waals surface area contributed by atoms with Gasteiger partial charge in [0, 0.05) is 12.8 Å². The van der Waals surface area contributed by atoms with Gasteiger partial charge in [0.15, 0.2) is 6.10 Å². The maximum absolute atomic E-state index is 13.0. The number of carbonyl (C=O) groups is 2. The summed E-state index contributed by atoms with van der Waals surface area (Å²) < 4.78 is 49.1. The first-order chi connectivity index (χ1) is 31.9. The molecule has 1 rings (SSSR count). The van der Waals surface area contributed by atoms with Crippen LogP contribution in [0.3, 0.4) is 0 Å². The van der Waals surface area contributed by atoms with E-state index in [9.17, 15) is 64.0 Å². The predicted molar refractivity (Wildman–Crippen MR) is 253 cm³/mol. The summed E-state index contributed by atoms with van der Waals surface area (Å²) in [6.45, 7) is 2.60. The topological polar surface area (TPSA) is 296 Å². The molecule has 0 aromatic rings. The zero-order chi connectivity index (χ0) is 49.9. The van der Waals surface area contributed by atoms with Crippen molar-refractivity contribution in [2.45, 2.75) is 184 Å². The molecule has 1 aliphatic carbocycles. The number of aliphatic hydroxyl groups is 6. The van der Waals surface area contributed by atoms with Gasteiger partial charge < -0.3 is 54.8 Å². The fourth-order valence-corrected chi connectivity index (χ4v) is 8.02. The van der Waals surface area contributed by atoms with Gasteiger partial charge in [0.25, 0.3) is 0 Å². The molecule has 0 radical (unpaired) electrons. The van der Waals surface area contributed by atoms with Crippen molar-refractivity contribution in [2.75, 3.05) is 13.2 Å². The third kappa shape index (κ3) is 31.1. The van der Waals surface area contributed by atoms with Crippen LogP contribution in [0.2, 0.25) is 0 Å². The normalized spacial score (nSPS) is 23.1. The maximum Gasteiger partial charge on any atom is 0.472 e. The third-order valence-corrected chi connectivity index (χ3v) is 11.7. The summed E-state index contributed by atoms with van der Waals surface area (Å²) in [6.07, 6.45) is 22.7. The van der Waals surface area contributed by atoms with Crippen molar-refractivity contribution in [2.24, 2.45) is 0 Å². The molecule has 0 bridgehead atoms. The molecule has 67 heavy (non-hydrogen) atoms. The lowest BCUT2D eigenvalue weighted by Gasteiger charge is -2.43. The van der Waals surface area contributed by atoms with Crippen LogP contribution in [0.5, 0.6) is 0 Å². The Hall–Kier alpha value is -2.90. The molecule has 0 spiro atoms. The Labute approximate surface area is 396 Å². The van der Waals surface area contributed by atoms with E-state index in [1.807, 2.05) is 18.2 Å². The monoisotopic (exact) mass is 992 g/mol. The summed E-state index contributed by atoms with van der Waals surface area (Å²) in [5.74, 6) is -1.52. The summed E-state index contributed by atoms with van der Waals surface area (Å²) >= 11 is 0. The van der Waals surface area contributed by atoms with Crippen molar-refractivity contribution in [3.63, 3.8) is 0 Å². The number of ether oxygens (including phenoxy) is 2. The van der Waals surface area contributed by atoms with E-state index in [1.165, 1.54) is 0 Å². The van der Waals surface area contributed by atoms with Gasteiger partial charge in [0.2, 0.25) is 0 Å². The fraction of sp³-hybridized carbons (Fsp3) is 0.660. The number of hydrogen-bond donors (Lipinski definition) is 9. The van der Waals surface area contributed by atoms with Crippen LogP contribution in [0.25, 0.3) is 0 Å². The highest BCUT2D eigenvalue weighted by molar-refractivity contribution is 7.47. The number of phosphoric acid groups is 2. The van der Waals surface area contributed by atoms with Crippen LogP contribution in [-0.4, -0.2) is 125 Å². The number of hydrogen-bond acceptors (Lipinski definition) is 15. The lowest BCUT2D eigenvalue weighted by molar-refractivity contribution is -0.216. The average molecular weight is 993 g/mol. The summed E-state index contributed by atoms with van der Waals surface area (Å²) in [4.78, 5) is 54.3. The Morgan fingerprint density at radius 2 is 1.01 bits per heavy atom. The summed E-state index contributed by atoms with van der Waals surface area (Å²) in [5.41, 5.74) is 0. The van der Waals surface area contributed by atoms with Crippen LogP contribution in [-0.2, 0) is 41.8 Å². The lowest BCUT2D eigenvalue weighted by atomic mass is 9.85. The van der Waals surface area contributed by atoms with E-state index in [4.69, 9.17) is 18.5 Å². The molecule has 0 amide bonds. The van der Waals surface area contributed by atoms with Crippen LogP contribution in [0, 0.1) is 0 Å².